The Morgan fingerprint density at radius 1 is 1.21 bits per heavy atom. The average molecular weight is 392 g/mol. The summed E-state index contributed by atoms with van der Waals surface area (Å²) in [6, 6.07) is 13.5. The Balaban J connectivity index is 1.61. The van der Waals surface area contributed by atoms with Crippen molar-refractivity contribution in [1.29, 1.82) is 5.26 Å². The van der Waals surface area contributed by atoms with Crippen molar-refractivity contribution in [2.75, 3.05) is 23.3 Å². The van der Waals surface area contributed by atoms with E-state index in [1.165, 1.54) is 15.9 Å². The van der Waals surface area contributed by atoms with Crippen LogP contribution < -0.4 is 15.8 Å². The second kappa shape index (κ2) is 7.49. The third kappa shape index (κ3) is 3.16. The highest BCUT2D eigenvalue weighted by atomic mass is 32.1. The topological polar surface area (TPSA) is 78.1 Å². The Morgan fingerprint density at radius 2 is 1.96 bits per heavy atom. The molecule has 3 heterocycles. The Hall–Kier alpha value is -3.11. The van der Waals surface area contributed by atoms with Crippen LogP contribution in [-0.2, 0) is 11.8 Å². The zero-order valence-electron chi connectivity index (χ0n) is 15.5. The molecule has 1 aliphatic heterocycles. The molecule has 0 unspecified atom stereocenters. The van der Waals surface area contributed by atoms with Gasteiger partial charge in [0.2, 0.25) is 5.91 Å². The Kier molecular flexibility index (Phi) is 4.88. The van der Waals surface area contributed by atoms with Gasteiger partial charge in [-0.25, -0.2) is 0 Å². The first kappa shape index (κ1) is 18.3. The molecule has 2 aromatic heterocycles. The van der Waals surface area contributed by atoms with E-state index in [-0.39, 0.29) is 22.9 Å². The fourth-order valence-electron chi connectivity index (χ4n) is 3.85. The Labute approximate surface area is 166 Å². The summed E-state index contributed by atoms with van der Waals surface area (Å²) in [5, 5.41) is 16.3. The minimum atomic E-state index is -0.284. The number of carbonyl (C=O) groups is 1. The second-order valence-corrected chi connectivity index (χ2v) is 7.89. The summed E-state index contributed by atoms with van der Waals surface area (Å²) in [5.74, 6) is -0.0295. The quantitative estimate of drug-likeness (QED) is 0.742. The van der Waals surface area contributed by atoms with Crippen LogP contribution in [0.2, 0.25) is 0 Å². The standard InChI is InChI=1S/C21H20N4O2S/c1-24-17-6-3-2-5-15(17)19(16(13-22)21(24)27)25-10-8-14(9-11-25)20(26)23-18-7-4-12-28-18/h2-7,12,14H,8-11H2,1H3,(H,23,26). The van der Waals surface area contributed by atoms with Gasteiger partial charge in [-0.3, -0.25) is 9.59 Å². The number of aromatic nitrogens is 1. The van der Waals surface area contributed by atoms with E-state index in [1.807, 2.05) is 41.8 Å². The van der Waals surface area contributed by atoms with E-state index in [1.54, 1.807) is 7.05 Å². The zero-order chi connectivity index (χ0) is 19.7. The summed E-state index contributed by atoms with van der Waals surface area (Å²) in [6.45, 7) is 1.27. The van der Waals surface area contributed by atoms with Crippen molar-refractivity contribution >= 4 is 38.8 Å². The van der Waals surface area contributed by atoms with E-state index in [9.17, 15) is 14.9 Å². The number of piperidine rings is 1. The number of aryl methyl sites for hydroxylation is 1. The highest BCUT2D eigenvalue weighted by molar-refractivity contribution is 7.14. The van der Waals surface area contributed by atoms with Gasteiger partial charge >= 0.3 is 0 Å². The van der Waals surface area contributed by atoms with Crippen LogP contribution in [0.3, 0.4) is 0 Å². The third-order valence-corrected chi connectivity index (χ3v) is 6.12. The number of hydrogen-bond acceptors (Lipinski definition) is 5. The Bertz CT molecular complexity index is 1120. The molecular weight excluding hydrogens is 372 g/mol. The molecular formula is C21H20N4O2S. The lowest BCUT2D eigenvalue weighted by atomic mass is 9.94. The van der Waals surface area contributed by atoms with Crippen molar-refractivity contribution in [3.05, 3.63) is 57.7 Å². The third-order valence-electron chi connectivity index (χ3n) is 5.34. The van der Waals surface area contributed by atoms with Crippen molar-refractivity contribution in [2.45, 2.75) is 12.8 Å². The molecule has 0 spiro atoms. The predicted octanol–water partition coefficient (Wildman–Crippen LogP) is 3.33. The van der Waals surface area contributed by atoms with Gasteiger partial charge in [-0.1, -0.05) is 18.2 Å². The van der Waals surface area contributed by atoms with Gasteiger partial charge in [0.25, 0.3) is 5.56 Å². The number of fused-ring (bicyclic) bond motifs is 1. The SMILES string of the molecule is Cn1c(=O)c(C#N)c(N2CCC(C(=O)Nc3cccs3)CC2)c2ccccc21. The fourth-order valence-corrected chi connectivity index (χ4v) is 4.47. The maximum atomic E-state index is 12.7. The molecule has 0 radical (unpaired) electrons. The molecule has 28 heavy (non-hydrogen) atoms. The van der Waals surface area contributed by atoms with E-state index in [0.717, 1.165) is 15.9 Å². The fraction of sp³-hybridized carbons (Fsp3) is 0.286. The monoisotopic (exact) mass is 392 g/mol. The molecule has 1 amide bonds. The van der Waals surface area contributed by atoms with Gasteiger partial charge in [0.1, 0.15) is 11.6 Å². The molecule has 0 saturated carbocycles. The molecule has 1 aliphatic rings. The number of nitriles is 1. The number of hydrogen-bond donors (Lipinski definition) is 1. The smallest absolute Gasteiger partial charge is 0.270 e. The first-order valence-electron chi connectivity index (χ1n) is 9.21. The van der Waals surface area contributed by atoms with Crippen molar-refractivity contribution < 1.29 is 4.79 Å². The van der Waals surface area contributed by atoms with Gasteiger partial charge < -0.3 is 14.8 Å². The van der Waals surface area contributed by atoms with E-state index in [2.05, 4.69) is 16.3 Å². The van der Waals surface area contributed by atoms with Gasteiger partial charge in [0.15, 0.2) is 0 Å². The lowest BCUT2D eigenvalue weighted by Gasteiger charge is -2.34. The number of pyridine rings is 1. The Morgan fingerprint density at radius 3 is 2.64 bits per heavy atom. The van der Waals surface area contributed by atoms with Crippen molar-refractivity contribution in [1.82, 2.24) is 4.57 Å². The van der Waals surface area contributed by atoms with Gasteiger partial charge in [0.05, 0.1) is 16.2 Å². The molecule has 1 fully saturated rings. The number of nitrogens with one attached hydrogen (secondary N) is 1. The molecule has 1 aromatic carbocycles. The first-order valence-corrected chi connectivity index (χ1v) is 10.1. The number of thiophene rings is 1. The van der Waals surface area contributed by atoms with Crippen LogP contribution >= 0.6 is 11.3 Å². The zero-order valence-corrected chi connectivity index (χ0v) is 16.3. The number of rotatable bonds is 3. The number of para-hydroxylation sites is 1. The van der Waals surface area contributed by atoms with Crippen molar-refractivity contribution in [2.24, 2.45) is 13.0 Å². The minimum Gasteiger partial charge on any atom is -0.370 e. The average Bonchev–Trinajstić information content (AvgIpc) is 3.23. The summed E-state index contributed by atoms with van der Waals surface area (Å²) in [7, 11) is 1.69. The van der Waals surface area contributed by atoms with Gasteiger partial charge in [-0.15, -0.1) is 11.3 Å². The van der Waals surface area contributed by atoms with Crippen LogP contribution in [0, 0.1) is 17.2 Å². The summed E-state index contributed by atoms with van der Waals surface area (Å²) in [6.07, 6.45) is 1.37. The van der Waals surface area contributed by atoms with E-state index in [0.29, 0.717) is 31.6 Å². The molecule has 6 nitrogen and oxygen atoms in total. The second-order valence-electron chi connectivity index (χ2n) is 6.94. The maximum absolute atomic E-state index is 12.7. The summed E-state index contributed by atoms with van der Waals surface area (Å²) < 4.78 is 1.53. The van der Waals surface area contributed by atoms with Crippen molar-refractivity contribution in [3.63, 3.8) is 0 Å². The first-order chi connectivity index (χ1) is 13.6. The summed E-state index contributed by atoms with van der Waals surface area (Å²) in [5.41, 5.74) is 1.38. The number of carbonyl (C=O) groups excluding carboxylic acids is 1. The lowest BCUT2D eigenvalue weighted by molar-refractivity contribution is -0.120. The molecule has 0 bridgehead atoms. The summed E-state index contributed by atoms with van der Waals surface area (Å²) in [4.78, 5) is 27.3. The number of amides is 1. The molecule has 1 N–H and O–H groups in total. The van der Waals surface area contributed by atoms with Gasteiger partial charge in [-0.05, 0) is 36.4 Å². The molecule has 0 atom stereocenters. The molecule has 1 saturated heterocycles. The number of anilines is 2. The van der Waals surface area contributed by atoms with Crippen LogP contribution in [0.5, 0.6) is 0 Å². The predicted molar refractivity (Wildman–Crippen MR) is 112 cm³/mol. The highest BCUT2D eigenvalue weighted by Gasteiger charge is 2.28. The molecule has 3 aromatic rings. The largest absolute Gasteiger partial charge is 0.370 e. The maximum Gasteiger partial charge on any atom is 0.270 e. The molecule has 4 rings (SSSR count). The molecule has 7 heteroatoms. The van der Waals surface area contributed by atoms with E-state index >= 15 is 0 Å². The van der Waals surface area contributed by atoms with Gasteiger partial charge in [-0.2, -0.15) is 5.26 Å². The van der Waals surface area contributed by atoms with Crippen LogP contribution in [0.25, 0.3) is 10.9 Å². The van der Waals surface area contributed by atoms with Gasteiger partial charge in [0, 0.05) is 31.4 Å². The summed E-state index contributed by atoms with van der Waals surface area (Å²) >= 11 is 1.51. The number of benzene rings is 1. The van der Waals surface area contributed by atoms with Crippen molar-refractivity contribution in [3.8, 4) is 6.07 Å². The van der Waals surface area contributed by atoms with Crippen LogP contribution in [0.1, 0.15) is 18.4 Å². The van der Waals surface area contributed by atoms with Crippen LogP contribution in [-0.4, -0.2) is 23.6 Å². The van der Waals surface area contributed by atoms with E-state index in [4.69, 9.17) is 0 Å². The van der Waals surface area contributed by atoms with Crippen LogP contribution in [0.15, 0.2) is 46.6 Å². The minimum absolute atomic E-state index is 0.0384. The lowest BCUT2D eigenvalue weighted by Crippen LogP contribution is -2.39. The molecule has 142 valence electrons. The van der Waals surface area contributed by atoms with Crippen LogP contribution in [0.4, 0.5) is 10.7 Å². The van der Waals surface area contributed by atoms with E-state index < -0.39 is 0 Å². The molecule has 0 aliphatic carbocycles. The highest BCUT2D eigenvalue weighted by Crippen LogP contribution is 2.32. The normalized spacial score (nSPS) is 14.8. The number of nitrogens with zero attached hydrogens (tertiary/aromatic N) is 3.